The van der Waals surface area contributed by atoms with Crippen molar-refractivity contribution in [3.05, 3.63) is 65.2 Å². The average Bonchev–Trinajstić information content (AvgIpc) is 2.49. The Hall–Kier alpha value is -1.84. The number of aryl methyl sites for hydroxylation is 1. The number of hydrogen-bond acceptors (Lipinski definition) is 3. The van der Waals surface area contributed by atoms with E-state index in [1.54, 1.807) is 7.11 Å². The highest BCUT2D eigenvalue weighted by Gasteiger charge is 2.23. The number of aliphatic hydroxyl groups is 1. The largest absolute Gasteiger partial charge is 0.496 e. The minimum Gasteiger partial charge on any atom is -0.496 e. The molecular formula is C17H21NO2. The Morgan fingerprint density at radius 3 is 2.35 bits per heavy atom. The molecule has 0 bridgehead atoms. The summed E-state index contributed by atoms with van der Waals surface area (Å²) in [6, 6.07) is 15.6. The van der Waals surface area contributed by atoms with Crippen molar-refractivity contribution in [2.24, 2.45) is 5.73 Å². The van der Waals surface area contributed by atoms with Gasteiger partial charge in [0.2, 0.25) is 0 Å². The predicted octanol–water partition coefficient (Wildman–Crippen LogP) is 2.78. The summed E-state index contributed by atoms with van der Waals surface area (Å²) in [6.45, 7) is 2.42. The minimum atomic E-state index is -0.682. The van der Waals surface area contributed by atoms with Gasteiger partial charge in [-0.15, -0.1) is 0 Å². The first-order chi connectivity index (χ1) is 9.67. The zero-order valence-corrected chi connectivity index (χ0v) is 11.9. The van der Waals surface area contributed by atoms with Gasteiger partial charge in [-0.2, -0.15) is 0 Å². The van der Waals surface area contributed by atoms with Gasteiger partial charge in [0, 0.05) is 18.0 Å². The van der Waals surface area contributed by atoms with Gasteiger partial charge in [0.25, 0.3) is 0 Å². The molecule has 0 amide bonds. The molecule has 0 spiro atoms. The Morgan fingerprint density at radius 1 is 1.10 bits per heavy atom. The number of benzene rings is 2. The molecule has 0 fully saturated rings. The van der Waals surface area contributed by atoms with Crippen LogP contribution in [-0.2, 0) is 0 Å². The van der Waals surface area contributed by atoms with Gasteiger partial charge in [-0.1, -0.05) is 48.0 Å². The van der Waals surface area contributed by atoms with Crippen LogP contribution in [0.2, 0.25) is 0 Å². The predicted molar refractivity (Wildman–Crippen MR) is 80.9 cm³/mol. The number of ether oxygens (including phenoxy) is 1. The van der Waals surface area contributed by atoms with Crippen molar-refractivity contribution in [2.45, 2.75) is 18.9 Å². The lowest BCUT2D eigenvalue weighted by Crippen LogP contribution is -2.20. The van der Waals surface area contributed by atoms with Crippen LogP contribution >= 0.6 is 0 Å². The summed E-state index contributed by atoms with van der Waals surface area (Å²) < 4.78 is 5.32. The highest BCUT2D eigenvalue weighted by atomic mass is 16.5. The first-order valence-corrected chi connectivity index (χ1v) is 6.75. The van der Waals surface area contributed by atoms with Gasteiger partial charge in [0.05, 0.1) is 13.2 Å². The van der Waals surface area contributed by atoms with Gasteiger partial charge >= 0.3 is 0 Å². The van der Waals surface area contributed by atoms with Gasteiger partial charge in [-0.05, 0) is 18.6 Å². The van der Waals surface area contributed by atoms with Crippen LogP contribution in [0.25, 0.3) is 0 Å². The van der Waals surface area contributed by atoms with E-state index >= 15 is 0 Å². The molecule has 0 radical (unpaired) electrons. The molecule has 0 aliphatic rings. The fourth-order valence-corrected chi connectivity index (χ4v) is 2.39. The zero-order valence-electron chi connectivity index (χ0n) is 11.9. The molecule has 0 saturated carbocycles. The molecule has 0 aromatic heterocycles. The molecule has 20 heavy (non-hydrogen) atoms. The molecule has 3 nitrogen and oxygen atoms in total. The maximum absolute atomic E-state index is 10.7. The van der Waals surface area contributed by atoms with E-state index < -0.39 is 6.10 Å². The van der Waals surface area contributed by atoms with Gasteiger partial charge in [-0.3, -0.25) is 0 Å². The van der Waals surface area contributed by atoms with Crippen molar-refractivity contribution >= 4 is 0 Å². The molecular weight excluding hydrogens is 250 g/mol. The first-order valence-electron chi connectivity index (χ1n) is 6.75. The third kappa shape index (κ3) is 3.00. The summed E-state index contributed by atoms with van der Waals surface area (Å²) >= 11 is 0. The standard InChI is InChI=1S/C17H21NO2/c1-12-7-9-13(10-8-12)15(11-18)17(19)14-5-3-4-6-16(14)20-2/h3-10,15,17,19H,11,18H2,1-2H3. The third-order valence-corrected chi connectivity index (χ3v) is 3.60. The van der Waals surface area contributed by atoms with Crippen molar-refractivity contribution in [1.29, 1.82) is 0 Å². The SMILES string of the molecule is COc1ccccc1C(O)C(CN)c1ccc(C)cc1. The third-order valence-electron chi connectivity index (χ3n) is 3.60. The van der Waals surface area contributed by atoms with Crippen LogP contribution in [0.1, 0.15) is 28.7 Å². The summed E-state index contributed by atoms with van der Waals surface area (Å²) in [6.07, 6.45) is -0.682. The molecule has 0 saturated heterocycles. The number of aliphatic hydroxyl groups excluding tert-OH is 1. The lowest BCUT2D eigenvalue weighted by atomic mass is 9.88. The maximum atomic E-state index is 10.7. The van der Waals surface area contributed by atoms with Crippen molar-refractivity contribution in [3.63, 3.8) is 0 Å². The van der Waals surface area contributed by atoms with Crippen LogP contribution in [0, 0.1) is 6.92 Å². The second-order valence-corrected chi connectivity index (χ2v) is 4.94. The van der Waals surface area contributed by atoms with Crippen LogP contribution in [0.4, 0.5) is 0 Å². The zero-order chi connectivity index (χ0) is 14.5. The summed E-state index contributed by atoms with van der Waals surface area (Å²) in [4.78, 5) is 0. The smallest absolute Gasteiger partial charge is 0.124 e. The number of nitrogens with two attached hydrogens (primary N) is 1. The molecule has 0 aliphatic heterocycles. The molecule has 0 aliphatic carbocycles. The Kier molecular flexibility index (Phi) is 4.77. The van der Waals surface area contributed by atoms with E-state index in [4.69, 9.17) is 10.5 Å². The van der Waals surface area contributed by atoms with E-state index in [0.29, 0.717) is 12.3 Å². The molecule has 2 aromatic carbocycles. The van der Waals surface area contributed by atoms with E-state index in [1.807, 2.05) is 55.5 Å². The van der Waals surface area contributed by atoms with Crippen molar-refractivity contribution in [2.75, 3.05) is 13.7 Å². The van der Waals surface area contributed by atoms with Crippen LogP contribution in [-0.4, -0.2) is 18.8 Å². The maximum Gasteiger partial charge on any atom is 0.124 e. The highest BCUT2D eigenvalue weighted by molar-refractivity contribution is 5.38. The van der Waals surface area contributed by atoms with Gasteiger partial charge in [0.1, 0.15) is 5.75 Å². The summed E-state index contributed by atoms with van der Waals surface area (Å²) in [5.41, 5.74) is 8.87. The summed E-state index contributed by atoms with van der Waals surface area (Å²) in [5.74, 6) is 0.539. The second kappa shape index (κ2) is 6.55. The van der Waals surface area contributed by atoms with Crippen LogP contribution in [0.15, 0.2) is 48.5 Å². The van der Waals surface area contributed by atoms with E-state index in [2.05, 4.69) is 0 Å². The average molecular weight is 271 g/mol. The Balaban J connectivity index is 2.33. The van der Waals surface area contributed by atoms with Crippen LogP contribution < -0.4 is 10.5 Å². The number of para-hydroxylation sites is 1. The Bertz CT molecular complexity index is 551. The molecule has 2 atom stereocenters. The quantitative estimate of drug-likeness (QED) is 0.879. The number of methoxy groups -OCH3 is 1. The minimum absolute atomic E-state index is 0.146. The normalized spacial score (nSPS) is 13.8. The Morgan fingerprint density at radius 2 is 1.75 bits per heavy atom. The summed E-state index contributed by atoms with van der Waals surface area (Å²) in [5, 5.41) is 10.7. The van der Waals surface area contributed by atoms with Crippen LogP contribution in [0.3, 0.4) is 0 Å². The van der Waals surface area contributed by atoms with Crippen molar-refractivity contribution < 1.29 is 9.84 Å². The molecule has 106 valence electrons. The molecule has 3 N–H and O–H groups in total. The van der Waals surface area contributed by atoms with E-state index in [9.17, 15) is 5.11 Å². The second-order valence-electron chi connectivity index (χ2n) is 4.94. The van der Waals surface area contributed by atoms with E-state index in [-0.39, 0.29) is 5.92 Å². The molecule has 2 rings (SSSR count). The Labute approximate surface area is 120 Å². The lowest BCUT2D eigenvalue weighted by Gasteiger charge is -2.24. The van der Waals surface area contributed by atoms with E-state index in [0.717, 1.165) is 11.1 Å². The fourth-order valence-electron chi connectivity index (χ4n) is 2.39. The molecule has 3 heteroatoms. The van der Waals surface area contributed by atoms with Crippen molar-refractivity contribution in [3.8, 4) is 5.75 Å². The number of hydrogen-bond donors (Lipinski definition) is 2. The first kappa shape index (κ1) is 14.6. The number of rotatable bonds is 5. The van der Waals surface area contributed by atoms with Gasteiger partial charge in [0.15, 0.2) is 0 Å². The molecule has 2 aromatic rings. The molecule has 2 unspecified atom stereocenters. The lowest BCUT2D eigenvalue weighted by molar-refractivity contribution is 0.144. The van der Waals surface area contributed by atoms with Gasteiger partial charge < -0.3 is 15.6 Å². The van der Waals surface area contributed by atoms with Crippen molar-refractivity contribution in [1.82, 2.24) is 0 Å². The van der Waals surface area contributed by atoms with Crippen LogP contribution in [0.5, 0.6) is 5.75 Å². The topological polar surface area (TPSA) is 55.5 Å². The monoisotopic (exact) mass is 271 g/mol. The van der Waals surface area contributed by atoms with E-state index in [1.165, 1.54) is 5.56 Å². The highest BCUT2D eigenvalue weighted by Crippen LogP contribution is 2.35. The molecule has 0 heterocycles. The summed E-state index contributed by atoms with van der Waals surface area (Å²) in [7, 11) is 1.61. The van der Waals surface area contributed by atoms with Gasteiger partial charge in [-0.25, -0.2) is 0 Å². The fraction of sp³-hybridized carbons (Fsp3) is 0.294.